The molecule has 160 valence electrons. The third-order valence-corrected chi connectivity index (χ3v) is 6.08. The number of hydrogen-bond acceptors (Lipinski definition) is 2. The normalized spacial score (nSPS) is 16.6. The van der Waals surface area contributed by atoms with Crippen LogP contribution in [0.2, 0.25) is 0 Å². The first-order valence-electron chi connectivity index (χ1n) is 12.5. The molecule has 0 aromatic rings. The van der Waals surface area contributed by atoms with Gasteiger partial charge in [-0.2, -0.15) is 0 Å². The van der Waals surface area contributed by atoms with Crippen LogP contribution in [0.3, 0.4) is 0 Å². The summed E-state index contributed by atoms with van der Waals surface area (Å²) in [5, 5.41) is 0. The summed E-state index contributed by atoms with van der Waals surface area (Å²) in [6.45, 7) is 9.34. The molecule has 2 nitrogen and oxygen atoms in total. The minimum atomic E-state index is 0.622. The summed E-state index contributed by atoms with van der Waals surface area (Å²) in [6.07, 6.45) is 29.4. The van der Waals surface area contributed by atoms with Crippen LogP contribution in [0.4, 0.5) is 0 Å². The Balaban J connectivity index is 1.84. The first kappa shape index (κ1) is 24.4. The quantitative estimate of drug-likeness (QED) is 0.209. The predicted molar refractivity (Wildman–Crippen MR) is 122 cm³/mol. The summed E-state index contributed by atoms with van der Waals surface area (Å²) in [5.74, 6) is 0. The summed E-state index contributed by atoms with van der Waals surface area (Å²) in [7, 11) is 0. The van der Waals surface area contributed by atoms with Crippen LogP contribution < -0.4 is 0 Å². The highest BCUT2D eigenvalue weighted by Crippen LogP contribution is 2.20. The lowest BCUT2D eigenvalue weighted by atomic mass is 10.0. The Bertz CT molecular complexity index is 339. The zero-order valence-corrected chi connectivity index (χ0v) is 19.1. The van der Waals surface area contributed by atoms with Crippen molar-refractivity contribution in [3.05, 3.63) is 12.4 Å². The summed E-state index contributed by atoms with van der Waals surface area (Å²) in [6, 6.07) is 0. The van der Waals surface area contributed by atoms with Gasteiger partial charge in [-0.1, -0.05) is 111 Å². The van der Waals surface area contributed by atoms with Crippen LogP contribution in [-0.2, 0) is 0 Å². The highest BCUT2D eigenvalue weighted by Gasteiger charge is 2.22. The van der Waals surface area contributed by atoms with E-state index >= 15 is 0 Å². The van der Waals surface area contributed by atoms with Crippen molar-refractivity contribution >= 4 is 0 Å². The van der Waals surface area contributed by atoms with Gasteiger partial charge in [0.05, 0.1) is 0 Å². The monoisotopic (exact) mass is 378 g/mol. The van der Waals surface area contributed by atoms with Crippen molar-refractivity contribution < 1.29 is 0 Å². The maximum Gasteiger partial charge on any atom is 0.100 e. The number of nitrogens with zero attached hydrogens (tertiary/aromatic N) is 2. The van der Waals surface area contributed by atoms with E-state index in [0.717, 1.165) is 0 Å². The molecular formula is C25H50N2. The van der Waals surface area contributed by atoms with Crippen molar-refractivity contribution in [2.24, 2.45) is 0 Å². The minimum Gasteiger partial charge on any atom is -0.356 e. The highest BCUT2D eigenvalue weighted by atomic mass is 15.4. The number of hydrogen-bond donors (Lipinski definition) is 0. The van der Waals surface area contributed by atoms with Crippen molar-refractivity contribution in [3.8, 4) is 0 Å². The van der Waals surface area contributed by atoms with Crippen LogP contribution in [0.25, 0.3) is 0 Å². The molecule has 1 atom stereocenters. The van der Waals surface area contributed by atoms with Gasteiger partial charge in [-0.05, 0) is 19.3 Å². The van der Waals surface area contributed by atoms with Crippen LogP contribution >= 0.6 is 0 Å². The van der Waals surface area contributed by atoms with Gasteiger partial charge in [0.25, 0.3) is 0 Å². The van der Waals surface area contributed by atoms with E-state index in [2.05, 4.69) is 43.0 Å². The molecule has 0 amide bonds. The predicted octanol–water partition coefficient (Wildman–Crippen LogP) is 8.09. The van der Waals surface area contributed by atoms with Gasteiger partial charge < -0.3 is 9.80 Å². The van der Waals surface area contributed by atoms with E-state index in [1.165, 1.54) is 122 Å². The first-order chi connectivity index (χ1) is 13.3. The van der Waals surface area contributed by atoms with Crippen LogP contribution in [0.15, 0.2) is 12.4 Å². The lowest BCUT2D eigenvalue weighted by molar-refractivity contribution is 0.146. The fraction of sp³-hybridized carbons (Fsp3) is 0.920. The molecule has 0 radical (unpaired) electrons. The minimum absolute atomic E-state index is 0.622. The van der Waals surface area contributed by atoms with Crippen LogP contribution in [0, 0.1) is 0 Å². The second-order valence-corrected chi connectivity index (χ2v) is 8.61. The molecule has 1 aliphatic rings. The lowest BCUT2D eigenvalue weighted by Gasteiger charge is -2.32. The summed E-state index contributed by atoms with van der Waals surface area (Å²) < 4.78 is 0. The smallest absolute Gasteiger partial charge is 0.100 e. The van der Waals surface area contributed by atoms with Crippen molar-refractivity contribution in [2.75, 3.05) is 13.1 Å². The van der Waals surface area contributed by atoms with Gasteiger partial charge in [0.1, 0.15) is 6.17 Å². The second-order valence-electron chi connectivity index (χ2n) is 8.61. The Morgan fingerprint density at radius 3 is 1.30 bits per heavy atom. The summed E-state index contributed by atoms with van der Waals surface area (Å²) in [4.78, 5) is 5.09. The SMILES string of the molecule is CCCCCCCCCCCCCCCCCN1C=CN(CCC)C1CC. The Morgan fingerprint density at radius 2 is 0.889 bits per heavy atom. The molecule has 0 saturated heterocycles. The Morgan fingerprint density at radius 1 is 0.481 bits per heavy atom. The van der Waals surface area contributed by atoms with Crippen LogP contribution in [0.5, 0.6) is 0 Å². The maximum absolute atomic E-state index is 2.57. The van der Waals surface area contributed by atoms with Gasteiger partial charge in [0.15, 0.2) is 0 Å². The largest absolute Gasteiger partial charge is 0.356 e. The van der Waals surface area contributed by atoms with Gasteiger partial charge in [-0.15, -0.1) is 0 Å². The van der Waals surface area contributed by atoms with Crippen LogP contribution in [-0.4, -0.2) is 29.1 Å². The molecule has 0 aromatic heterocycles. The molecule has 2 heteroatoms. The molecule has 0 spiro atoms. The maximum atomic E-state index is 2.57. The van der Waals surface area contributed by atoms with E-state index in [1.54, 1.807) is 0 Å². The second kappa shape index (κ2) is 17.4. The number of rotatable bonds is 19. The summed E-state index contributed by atoms with van der Waals surface area (Å²) in [5.41, 5.74) is 0. The highest BCUT2D eigenvalue weighted by molar-refractivity contribution is 4.96. The van der Waals surface area contributed by atoms with E-state index < -0.39 is 0 Å². The molecule has 0 aromatic carbocycles. The summed E-state index contributed by atoms with van der Waals surface area (Å²) >= 11 is 0. The average molecular weight is 379 g/mol. The van der Waals surface area contributed by atoms with E-state index in [0.29, 0.717) is 6.17 Å². The van der Waals surface area contributed by atoms with Crippen LogP contribution in [0.1, 0.15) is 130 Å². The van der Waals surface area contributed by atoms with Gasteiger partial charge in [-0.3, -0.25) is 0 Å². The van der Waals surface area contributed by atoms with Gasteiger partial charge in [0.2, 0.25) is 0 Å². The molecule has 1 unspecified atom stereocenters. The Labute approximate surface area is 171 Å². The molecular weight excluding hydrogens is 328 g/mol. The van der Waals surface area contributed by atoms with Crippen molar-refractivity contribution in [2.45, 2.75) is 136 Å². The average Bonchev–Trinajstić information content (AvgIpc) is 3.06. The van der Waals surface area contributed by atoms with Gasteiger partial charge in [-0.25, -0.2) is 0 Å². The molecule has 0 saturated carbocycles. The molecule has 1 heterocycles. The van der Waals surface area contributed by atoms with E-state index in [-0.39, 0.29) is 0 Å². The zero-order chi connectivity index (χ0) is 19.6. The number of unbranched alkanes of at least 4 members (excludes halogenated alkanes) is 14. The first-order valence-corrected chi connectivity index (χ1v) is 12.5. The Hall–Kier alpha value is -0.660. The van der Waals surface area contributed by atoms with Gasteiger partial charge >= 0.3 is 0 Å². The molecule has 1 rings (SSSR count). The fourth-order valence-electron chi connectivity index (χ4n) is 4.40. The van der Waals surface area contributed by atoms with Gasteiger partial charge in [0, 0.05) is 25.5 Å². The van der Waals surface area contributed by atoms with Crippen molar-refractivity contribution in [3.63, 3.8) is 0 Å². The molecule has 27 heavy (non-hydrogen) atoms. The third kappa shape index (κ3) is 11.7. The standard InChI is InChI=1S/C25H50N2/c1-4-7-8-9-10-11-12-13-14-15-16-17-18-19-20-22-27-24-23-26(21-5-2)25(27)6-3/h23-25H,4-22H2,1-3H3. The third-order valence-electron chi connectivity index (χ3n) is 6.08. The zero-order valence-electron chi connectivity index (χ0n) is 19.1. The molecule has 0 fully saturated rings. The van der Waals surface area contributed by atoms with Crippen molar-refractivity contribution in [1.82, 2.24) is 9.80 Å². The molecule has 1 aliphatic heterocycles. The molecule has 0 N–H and O–H groups in total. The fourth-order valence-corrected chi connectivity index (χ4v) is 4.40. The van der Waals surface area contributed by atoms with E-state index in [4.69, 9.17) is 0 Å². The van der Waals surface area contributed by atoms with E-state index in [9.17, 15) is 0 Å². The Kier molecular flexibility index (Phi) is 15.7. The van der Waals surface area contributed by atoms with E-state index in [1.807, 2.05) is 0 Å². The lowest BCUT2D eigenvalue weighted by Crippen LogP contribution is -2.38. The topological polar surface area (TPSA) is 6.48 Å². The molecule has 0 aliphatic carbocycles. The van der Waals surface area contributed by atoms with Crippen molar-refractivity contribution in [1.29, 1.82) is 0 Å². The molecule has 0 bridgehead atoms.